The fourth-order valence-corrected chi connectivity index (χ4v) is 3.54. The molecule has 0 spiro atoms. The van der Waals surface area contributed by atoms with Gasteiger partial charge in [0, 0.05) is 28.8 Å². The van der Waals surface area contributed by atoms with Crippen LogP contribution in [0.15, 0.2) is 53.6 Å². The lowest BCUT2D eigenvalue weighted by Gasteiger charge is -2.21. The van der Waals surface area contributed by atoms with Crippen LogP contribution in [0.3, 0.4) is 0 Å². The van der Waals surface area contributed by atoms with Gasteiger partial charge in [0.25, 0.3) is 5.69 Å². The molecule has 108 valence electrons. The second-order valence-corrected chi connectivity index (χ2v) is 6.53. The number of aromatic nitrogens is 1. The third-order valence-corrected chi connectivity index (χ3v) is 4.77. The minimum Gasteiger partial charge on any atom is -0.618 e. The van der Waals surface area contributed by atoms with E-state index in [1.807, 2.05) is 24.3 Å². The first-order chi connectivity index (χ1) is 10.2. The maximum Gasteiger partial charge on any atom is 0.324 e. The van der Waals surface area contributed by atoms with Gasteiger partial charge in [-0.3, -0.25) is 4.79 Å². The Labute approximate surface area is 128 Å². The zero-order valence-electron chi connectivity index (χ0n) is 11.7. The molecule has 21 heavy (non-hydrogen) atoms. The van der Waals surface area contributed by atoms with Gasteiger partial charge in [0.1, 0.15) is 0 Å². The predicted molar refractivity (Wildman–Crippen MR) is 83.5 cm³/mol. The molecule has 1 aromatic carbocycles. The van der Waals surface area contributed by atoms with Crippen LogP contribution in [0.5, 0.6) is 0 Å². The van der Waals surface area contributed by atoms with E-state index in [0.717, 1.165) is 17.0 Å². The molecule has 0 unspecified atom stereocenters. The maximum atomic E-state index is 12.7. The summed E-state index contributed by atoms with van der Waals surface area (Å²) in [7, 11) is 0. The van der Waals surface area contributed by atoms with Crippen LogP contribution < -0.4 is 9.63 Å². The number of pyridine rings is 1. The van der Waals surface area contributed by atoms with Gasteiger partial charge in [-0.25, -0.2) is 0 Å². The third-order valence-electron chi connectivity index (χ3n) is 3.53. The van der Waals surface area contributed by atoms with E-state index in [1.54, 1.807) is 34.9 Å². The van der Waals surface area contributed by atoms with Gasteiger partial charge in [0.2, 0.25) is 0 Å². The second kappa shape index (κ2) is 5.77. The zero-order valence-corrected chi connectivity index (χ0v) is 12.5. The van der Waals surface area contributed by atoms with Gasteiger partial charge >= 0.3 is 5.91 Å². The average Bonchev–Trinajstić information content (AvgIpc) is 2.65. The Morgan fingerprint density at radius 1 is 1.29 bits per heavy atom. The maximum absolute atomic E-state index is 12.7. The van der Waals surface area contributed by atoms with Crippen molar-refractivity contribution in [1.82, 2.24) is 0 Å². The van der Waals surface area contributed by atoms with Gasteiger partial charge in [0.05, 0.1) is 5.69 Å². The lowest BCUT2D eigenvalue weighted by molar-refractivity contribution is -0.607. The van der Waals surface area contributed by atoms with Crippen molar-refractivity contribution in [2.45, 2.75) is 23.5 Å². The van der Waals surface area contributed by atoms with Crippen LogP contribution in [0.1, 0.15) is 23.8 Å². The zero-order chi connectivity index (χ0) is 14.8. The Balaban J connectivity index is 2.02. The highest BCUT2D eigenvalue weighted by Gasteiger charge is 2.28. The molecule has 1 aliphatic rings. The molecular formula is C16H16N2O2S. The number of thioether (sulfide) groups is 1. The van der Waals surface area contributed by atoms with Crippen LogP contribution in [0, 0.1) is 5.21 Å². The van der Waals surface area contributed by atoms with Gasteiger partial charge in [-0.15, -0.1) is 11.8 Å². The standard InChI is InChI=1S/C16H16N2O2S/c1-12-9-11-17(13-6-2-3-8-15(13)21-12)16(19)14-7-4-5-10-18(14)20/h2-8,10,12H,9,11H2,1H3/t12-/m0/s1. The van der Waals surface area contributed by atoms with Crippen LogP contribution in [0.4, 0.5) is 5.69 Å². The molecule has 1 amide bonds. The summed E-state index contributed by atoms with van der Waals surface area (Å²) < 4.78 is 0.631. The largest absolute Gasteiger partial charge is 0.618 e. The van der Waals surface area contributed by atoms with Crippen molar-refractivity contribution in [2.24, 2.45) is 0 Å². The lowest BCUT2D eigenvalue weighted by Crippen LogP contribution is -2.42. The Hall–Kier alpha value is -2.01. The van der Waals surface area contributed by atoms with Crippen LogP contribution >= 0.6 is 11.8 Å². The lowest BCUT2D eigenvalue weighted by atomic mass is 10.2. The molecule has 1 atom stereocenters. The molecule has 0 saturated carbocycles. The van der Waals surface area contributed by atoms with E-state index in [4.69, 9.17) is 0 Å². The Morgan fingerprint density at radius 2 is 2.05 bits per heavy atom. The Kier molecular flexibility index (Phi) is 3.84. The minimum absolute atomic E-state index is 0.159. The van der Waals surface area contributed by atoms with Crippen LogP contribution in [-0.4, -0.2) is 17.7 Å². The molecule has 0 N–H and O–H groups in total. The number of carbonyl (C=O) groups excluding carboxylic acids is 1. The van der Waals surface area contributed by atoms with E-state index in [0.29, 0.717) is 16.5 Å². The molecule has 0 radical (unpaired) electrons. The van der Waals surface area contributed by atoms with Gasteiger partial charge in [-0.05, 0) is 24.6 Å². The molecule has 0 bridgehead atoms. The highest BCUT2D eigenvalue weighted by molar-refractivity contribution is 8.00. The highest BCUT2D eigenvalue weighted by atomic mass is 32.2. The summed E-state index contributed by atoms with van der Waals surface area (Å²) in [5, 5.41) is 12.3. The van der Waals surface area contributed by atoms with E-state index in [1.165, 1.54) is 6.20 Å². The fraction of sp³-hybridized carbons (Fsp3) is 0.250. The van der Waals surface area contributed by atoms with E-state index in [9.17, 15) is 10.0 Å². The summed E-state index contributed by atoms with van der Waals surface area (Å²) in [5.41, 5.74) is 1.05. The van der Waals surface area contributed by atoms with Crippen LogP contribution in [-0.2, 0) is 0 Å². The van der Waals surface area contributed by atoms with Gasteiger partial charge < -0.3 is 10.1 Å². The quantitative estimate of drug-likeness (QED) is 0.601. The highest BCUT2D eigenvalue weighted by Crippen LogP contribution is 2.37. The summed E-state index contributed by atoms with van der Waals surface area (Å²) >= 11 is 1.77. The summed E-state index contributed by atoms with van der Waals surface area (Å²) in [5.74, 6) is -0.243. The number of carbonyl (C=O) groups is 1. The minimum atomic E-state index is -0.243. The van der Waals surface area contributed by atoms with E-state index >= 15 is 0 Å². The van der Waals surface area contributed by atoms with Crippen LogP contribution in [0.2, 0.25) is 0 Å². The van der Waals surface area contributed by atoms with Gasteiger partial charge in [-0.1, -0.05) is 19.1 Å². The number of hydrogen-bond acceptors (Lipinski definition) is 3. The average molecular weight is 300 g/mol. The second-order valence-electron chi connectivity index (χ2n) is 5.05. The number of amides is 1. The number of rotatable bonds is 1. The molecule has 2 heterocycles. The number of hydrogen-bond donors (Lipinski definition) is 0. The van der Waals surface area contributed by atoms with Crippen molar-refractivity contribution >= 4 is 23.4 Å². The molecule has 5 heteroatoms. The van der Waals surface area contributed by atoms with E-state index < -0.39 is 0 Å². The molecule has 3 rings (SSSR count). The van der Waals surface area contributed by atoms with Crippen LogP contribution in [0.25, 0.3) is 0 Å². The molecule has 1 aliphatic heterocycles. The number of nitrogens with zero attached hydrogens (tertiary/aromatic N) is 2. The molecular weight excluding hydrogens is 284 g/mol. The third kappa shape index (κ3) is 2.74. The number of para-hydroxylation sites is 1. The van der Waals surface area contributed by atoms with Crippen molar-refractivity contribution in [2.75, 3.05) is 11.4 Å². The van der Waals surface area contributed by atoms with Crippen molar-refractivity contribution in [3.05, 3.63) is 59.6 Å². The predicted octanol–water partition coefficient (Wildman–Crippen LogP) is 2.85. The summed E-state index contributed by atoms with van der Waals surface area (Å²) in [6.45, 7) is 2.78. The van der Waals surface area contributed by atoms with E-state index in [-0.39, 0.29) is 11.6 Å². The molecule has 4 nitrogen and oxygen atoms in total. The SMILES string of the molecule is C[C@H]1CCN(C(=O)c2cccc[n+]2[O-])c2ccccc2S1. The van der Waals surface area contributed by atoms with Crippen molar-refractivity contribution in [3.8, 4) is 0 Å². The Morgan fingerprint density at radius 3 is 2.86 bits per heavy atom. The van der Waals surface area contributed by atoms with Crippen molar-refractivity contribution in [1.29, 1.82) is 0 Å². The smallest absolute Gasteiger partial charge is 0.324 e. The monoisotopic (exact) mass is 300 g/mol. The number of benzene rings is 1. The first-order valence-corrected chi connectivity index (χ1v) is 7.80. The molecule has 1 aromatic heterocycles. The van der Waals surface area contributed by atoms with Crippen molar-refractivity contribution in [3.63, 3.8) is 0 Å². The van der Waals surface area contributed by atoms with E-state index in [2.05, 4.69) is 6.92 Å². The molecule has 0 saturated heterocycles. The fourth-order valence-electron chi connectivity index (χ4n) is 2.43. The topological polar surface area (TPSA) is 47.2 Å². The summed E-state index contributed by atoms with van der Waals surface area (Å²) in [6, 6.07) is 12.8. The van der Waals surface area contributed by atoms with Gasteiger partial charge in [0.15, 0.2) is 6.20 Å². The number of anilines is 1. The first-order valence-electron chi connectivity index (χ1n) is 6.92. The molecule has 0 aliphatic carbocycles. The normalized spacial score (nSPS) is 18.0. The Bertz CT molecular complexity index is 675. The summed E-state index contributed by atoms with van der Waals surface area (Å²) in [4.78, 5) is 15.5. The number of fused-ring (bicyclic) bond motifs is 1. The molecule has 2 aromatic rings. The first kappa shape index (κ1) is 13.9. The van der Waals surface area contributed by atoms with Gasteiger partial charge in [-0.2, -0.15) is 4.73 Å². The summed E-state index contributed by atoms with van der Waals surface area (Å²) in [6.07, 6.45) is 2.26. The molecule has 0 fully saturated rings. The van der Waals surface area contributed by atoms with Crippen molar-refractivity contribution < 1.29 is 9.52 Å².